The summed E-state index contributed by atoms with van der Waals surface area (Å²) in [5.41, 5.74) is 0.940. The second-order valence-electron chi connectivity index (χ2n) is 3.59. The Bertz CT molecular complexity index is 501. The van der Waals surface area contributed by atoms with E-state index in [0.29, 0.717) is 5.75 Å². The van der Waals surface area contributed by atoms with Crippen molar-refractivity contribution >= 4 is 5.91 Å². The van der Waals surface area contributed by atoms with Crippen molar-refractivity contribution in [2.24, 2.45) is 0 Å². The summed E-state index contributed by atoms with van der Waals surface area (Å²) in [5, 5.41) is 1.64. The van der Waals surface area contributed by atoms with Crippen LogP contribution in [0.5, 0.6) is 5.75 Å². The number of para-hydroxylation sites is 1. The summed E-state index contributed by atoms with van der Waals surface area (Å²) in [7, 11) is 0. The molecule has 0 radical (unpaired) electrons. The highest BCUT2D eigenvalue weighted by Gasteiger charge is 2.38. The van der Waals surface area contributed by atoms with Gasteiger partial charge in [-0.15, -0.1) is 0 Å². The van der Waals surface area contributed by atoms with Gasteiger partial charge in [-0.1, -0.05) is 30.0 Å². The van der Waals surface area contributed by atoms with E-state index in [9.17, 15) is 18.0 Å². The lowest BCUT2D eigenvalue weighted by atomic mass is 10.2. The molecule has 0 aliphatic rings. The number of hydrogen-bond donors (Lipinski definition) is 1. The Morgan fingerprint density at radius 3 is 2.63 bits per heavy atom. The van der Waals surface area contributed by atoms with Gasteiger partial charge in [-0.25, -0.2) is 0 Å². The number of alkyl halides is 3. The number of carbonyl (C=O) groups excluding carboxylic acids is 1. The molecule has 0 saturated carbocycles. The first kappa shape index (κ1) is 14.9. The number of aryl methyl sites for hydroxylation is 1. The van der Waals surface area contributed by atoms with Crippen LogP contribution in [0.3, 0.4) is 0 Å². The molecule has 1 rings (SSSR count). The Labute approximate surface area is 108 Å². The molecule has 0 spiro atoms. The number of rotatable bonds is 3. The number of halogens is 3. The molecule has 0 aliphatic heterocycles. The van der Waals surface area contributed by atoms with E-state index in [0.717, 1.165) is 5.56 Å². The van der Waals surface area contributed by atoms with Gasteiger partial charge < -0.3 is 10.1 Å². The van der Waals surface area contributed by atoms with Crippen LogP contribution in [-0.2, 0) is 4.79 Å². The van der Waals surface area contributed by atoms with E-state index in [1.807, 2.05) is 19.1 Å². The summed E-state index contributed by atoms with van der Waals surface area (Å²) in [6.07, 6.45) is -4.88. The molecule has 0 atom stereocenters. The highest BCUT2D eigenvalue weighted by Crippen LogP contribution is 2.15. The molecule has 1 aromatic carbocycles. The fraction of sp³-hybridized carbons (Fsp3) is 0.308. The van der Waals surface area contributed by atoms with Gasteiger partial charge >= 0.3 is 12.1 Å². The molecule has 102 valence electrons. The first-order chi connectivity index (χ1) is 8.91. The molecule has 0 unspecified atom stereocenters. The van der Waals surface area contributed by atoms with Gasteiger partial charge in [0.25, 0.3) is 0 Å². The van der Waals surface area contributed by atoms with E-state index in [2.05, 4.69) is 11.8 Å². The van der Waals surface area contributed by atoms with Crippen molar-refractivity contribution in [3.8, 4) is 17.6 Å². The van der Waals surface area contributed by atoms with Crippen molar-refractivity contribution in [3.63, 3.8) is 0 Å². The summed E-state index contributed by atoms with van der Waals surface area (Å²) in [4.78, 5) is 10.4. The maximum Gasteiger partial charge on any atom is 0.471 e. The number of ether oxygens (including phenoxy) is 1. The maximum atomic E-state index is 11.8. The number of hydrogen-bond acceptors (Lipinski definition) is 2. The monoisotopic (exact) mass is 271 g/mol. The Morgan fingerprint density at radius 1 is 1.32 bits per heavy atom. The largest absolute Gasteiger partial charge is 0.481 e. The molecule has 1 amide bonds. The van der Waals surface area contributed by atoms with Gasteiger partial charge in [-0.05, 0) is 18.6 Å². The lowest BCUT2D eigenvalue weighted by Crippen LogP contribution is -2.36. The molecular formula is C13H12F3NO2. The predicted octanol–water partition coefficient (Wildman–Crippen LogP) is 2.06. The average Bonchev–Trinajstić information content (AvgIpc) is 2.34. The molecular weight excluding hydrogens is 259 g/mol. The van der Waals surface area contributed by atoms with E-state index in [4.69, 9.17) is 4.74 Å². The van der Waals surface area contributed by atoms with Crippen molar-refractivity contribution in [1.82, 2.24) is 5.32 Å². The highest BCUT2D eigenvalue weighted by atomic mass is 19.4. The van der Waals surface area contributed by atoms with E-state index >= 15 is 0 Å². The van der Waals surface area contributed by atoms with E-state index in [1.54, 1.807) is 17.4 Å². The summed E-state index contributed by atoms with van der Waals surface area (Å²) in [6.45, 7) is 1.55. The number of benzene rings is 1. The van der Waals surface area contributed by atoms with Gasteiger partial charge in [0.2, 0.25) is 0 Å². The Kier molecular flexibility index (Phi) is 5.24. The fourth-order valence-corrected chi connectivity index (χ4v) is 1.17. The van der Waals surface area contributed by atoms with Crippen LogP contribution in [0.15, 0.2) is 24.3 Å². The predicted molar refractivity (Wildman–Crippen MR) is 63.5 cm³/mol. The van der Waals surface area contributed by atoms with Gasteiger partial charge in [0.05, 0.1) is 6.54 Å². The zero-order valence-electron chi connectivity index (χ0n) is 10.2. The molecule has 1 N–H and O–H groups in total. The minimum atomic E-state index is -4.88. The van der Waals surface area contributed by atoms with Crippen molar-refractivity contribution in [2.75, 3.05) is 13.2 Å². The molecule has 3 nitrogen and oxygen atoms in total. The molecule has 0 saturated heterocycles. The highest BCUT2D eigenvalue weighted by molar-refractivity contribution is 5.81. The van der Waals surface area contributed by atoms with Crippen LogP contribution in [0.25, 0.3) is 0 Å². The molecule has 0 aliphatic carbocycles. The summed E-state index contributed by atoms with van der Waals surface area (Å²) < 4.78 is 40.7. The van der Waals surface area contributed by atoms with Crippen molar-refractivity contribution in [3.05, 3.63) is 29.8 Å². The number of amides is 1. The summed E-state index contributed by atoms with van der Waals surface area (Å²) in [6, 6.07) is 7.30. The van der Waals surface area contributed by atoms with E-state index in [-0.39, 0.29) is 13.2 Å². The van der Waals surface area contributed by atoms with Gasteiger partial charge in [-0.2, -0.15) is 13.2 Å². The molecule has 6 heteroatoms. The van der Waals surface area contributed by atoms with Gasteiger partial charge in [-0.3, -0.25) is 4.79 Å². The molecule has 19 heavy (non-hydrogen) atoms. The first-order valence-corrected chi connectivity index (χ1v) is 5.40. The molecule has 0 aromatic heterocycles. The summed E-state index contributed by atoms with van der Waals surface area (Å²) in [5.74, 6) is 3.55. The summed E-state index contributed by atoms with van der Waals surface area (Å²) >= 11 is 0. The van der Waals surface area contributed by atoms with Crippen LogP contribution in [0.4, 0.5) is 13.2 Å². The van der Waals surface area contributed by atoms with Gasteiger partial charge in [0.1, 0.15) is 12.4 Å². The topological polar surface area (TPSA) is 38.3 Å². The van der Waals surface area contributed by atoms with Crippen LogP contribution in [0.2, 0.25) is 0 Å². The SMILES string of the molecule is Cc1ccccc1OCC#CCNC(=O)C(F)(F)F. The Morgan fingerprint density at radius 2 is 2.00 bits per heavy atom. The molecule has 0 fully saturated rings. The zero-order chi connectivity index (χ0) is 14.3. The Balaban J connectivity index is 2.30. The second-order valence-corrected chi connectivity index (χ2v) is 3.59. The third-order valence-corrected chi connectivity index (χ3v) is 2.11. The van der Waals surface area contributed by atoms with Gasteiger partial charge in [0, 0.05) is 0 Å². The van der Waals surface area contributed by atoms with Crippen molar-refractivity contribution < 1.29 is 22.7 Å². The van der Waals surface area contributed by atoms with Gasteiger partial charge in [0.15, 0.2) is 0 Å². The Hall–Kier alpha value is -2.16. The minimum Gasteiger partial charge on any atom is -0.481 e. The smallest absolute Gasteiger partial charge is 0.471 e. The lowest BCUT2D eigenvalue weighted by molar-refractivity contribution is -0.173. The van der Waals surface area contributed by atoms with E-state index < -0.39 is 12.1 Å². The molecule has 1 aromatic rings. The average molecular weight is 271 g/mol. The zero-order valence-corrected chi connectivity index (χ0v) is 10.2. The van der Waals surface area contributed by atoms with Crippen LogP contribution >= 0.6 is 0 Å². The maximum absolute atomic E-state index is 11.8. The van der Waals surface area contributed by atoms with Crippen LogP contribution in [0.1, 0.15) is 5.56 Å². The lowest BCUT2D eigenvalue weighted by Gasteiger charge is -2.05. The number of nitrogens with one attached hydrogen (secondary N) is 1. The fourth-order valence-electron chi connectivity index (χ4n) is 1.17. The van der Waals surface area contributed by atoms with Crippen molar-refractivity contribution in [2.45, 2.75) is 13.1 Å². The number of carbonyl (C=O) groups is 1. The van der Waals surface area contributed by atoms with Crippen molar-refractivity contribution in [1.29, 1.82) is 0 Å². The molecule has 0 heterocycles. The standard InChI is InChI=1S/C13H12F3NO2/c1-10-6-2-3-7-11(10)19-9-5-4-8-17-12(18)13(14,15)16/h2-3,6-7H,8-9H2,1H3,(H,17,18). The minimum absolute atomic E-state index is 0.0484. The van der Waals surface area contributed by atoms with Crippen LogP contribution in [-0.4, -0.2) is 25.2 Å². The van der Waals surface area contributed by atoms with Crippen LogP contribution in [0, 0.1) is 18.8 Å². The normalized spacial score (nSPS) is 10.3. The quantitative estimate of drug-likeness (QED) is 0.854. The van der Waals surface area contributed by atoms with E-state index in [1.165, 1.54) is 0 Å². The first-order valence-electron chi connectivity index (χ1n) is 5.40. The molecule has 0 bridgehead atoms. The second kappa shape index (κ2) is 6.69. The van der Waals surface area contributed by atoms with Crippen LogP contribution < -0.4 is 10.1 Å². The third-order valence-electron chi connectivity index (χ3n) is 2.11. The third kappa shape index (κ3) is 5.34.